The molecule has 0 aliphatic heterocycles. The summed E-state index contributed by atoms with van der Waals surface area (Å²) in [5.41, 5.74) is 5.41. The number of nitrogens with two attached hydrogens (primary N) is 1. The Balaban J connectivity index is 3.76. The number of nitrogens with one attached hydrogen (secondary N) is 2. The molecule has 0 bridgehead atoms. The molecule has 19 heavy (non-hydrogen) atoms. The molecule has 0 saturated carbocycles. The van der Waals surface area contributed by atoms with Crippen LogP contribution in [0.1, 0.15) is 25.7 Å². The van der Waals surface area contributed by atoms with E-state index in [1.165, 1.54) is 12.2 Å². The number of hydrogen-bond donors (Lipinski definition) is 3. The maximum Gasteiger partial charge on any atom is 0.257 e. The van der Waals surface area contributed by atoms with Gasteiger partial charge in [-0.15, -0.1) is 0 Å². The highest BCUT2D eigenvalue weighted by atomic mass is 16.2. The van der Waals surface area contributed by atoms with Crippen molar-refractivity contribution in [3.8, 4) is 0 Å². The van der Waals surface area contributed by atoms with E-state index < -0.39 is 5.91 Å². The zero-order valence-electron chi connectivity index (χ0n) is 11.0. The lowest BCUT2D eigenvalue weighted by atomic mass is 10.2. The van der Waals surface area contributed by atoms with Crippen LogP contribution in [0.3, 0.4) is 0 Å². The van der Waals surface area contributed by atoms with Crippen molar-refractivity contribution in [3.63, 3.8) is 0 Å². The first-order chi connectivity index (χ1) is 9.11. The van der Waals surface area contributed by atoms with Gasteiger partial charge >= 0.3 is 0 Å². The second kappa shape index (κ2) is 11.2. The normalized spacial score (nSPS) is 10.2. The molecule has 6 nitrogen and oxygen atoms in total. The first kappa shape index (κ1) is 17.1. The zero-order chi connectivity index (χ0) is 14.5. The molecule has 0 saturated heterocycles. The van der Waals surface area contributed by atoms with Gasteiger partial charge in [0.25, 0.3) is 5.91 Å². The average molecular weight is 267 g/mol. The van der Waals surface area contributed by atoms with E-state index in [9.17, 15) is 14.4 Å². The molecule has 4 N–H and O–H groups in total. The Labute approximate surface area is 113 Å². The van der Waals surface area contributed by atoms with Gasteiger partial charge in [-0.05, 0) is 25.5 Å². The summed E-state index contributed by atoms with van der Waals surface area (Å²) in [7, 11) is 0. The minimum atomic E-state index is -0.624. The Morgan fingerprint density at radius 3 is 2.42 bits per heavy atom. The molecule has 0 radical (unpaired) electrons. The second-order valence-corrected chi connectivity index (χ2v) is 3.94. The fraction of sp³-hybridized carbons (Fsp3) is 0.462. The van der Waals surface area contributed by atoms with Crippen LogP contribution in [-0.2, 0) is 14.4 Å². The van der Waals surface area contributed by atoms with Gasteiger partial charge in [0.2, 0.25) is 12.3 Å². The minimum Gasteiger partial charge on any atom is -0.353 e. The second-order valence-electron chi connectivity index (χ2n) is 3.94. The maximum absolute atomic E-state index is 11.4. The van der Waals surface area contributed by atoms with Crippen molar-refractivity contribution in [2.45, 2.75) is 25.7 Å². The van der Waals surface area contributed by atoms with Crippen molar-refractivity contribution in [2.75, 3.05) is 13.1 Å². The molecule has 0 unspecified atom stereocenters. The molecular weight excluding hydrogens is 246 g/mol. The smallest absolute Gasteiger partial charge is 0.257 e. The monoisotopic (exact) mass is 267 g/mol. The van der Waals surface area contributed by atoms with E-state index in [1.807, 2.05) is 5.32 Å². The van der Waals surface area contributed by atoms with E-state index in [4.69, 9.17) is 5.73 Å². The van der Waals surface area contributed by atoms with Gasteiger partial charge < -0.3 is 11.1 Å². The van der Waals surface area contributed by atoms with E-state index in [0.717, 1.165) is 25.7 Å². The Bertz CT molecular complexity index is 351. The number of carbonyl (C=O) groups excluding carboxylic acids is 3. The number of carbonyl (C=O) groups is 3. The molecule has 0 aromatic heterocycles. The Hall–Kier alpha value is -1.95. The van der Waals surface area contributed by atoms with E-state index in [2.05, 4.69) is 11.9 Å². The molecule has 0 aliphatic carbocycles. The lowest BCUT2D eigenvalue weighted by molar-refractivity contribution is -0.122. The quantitative estimate of drug-likeness (QED) is 0.224. The van der Waals surface area contributed by atoms with Gasteiger partial charge in [-0.25, -0.2) is 0 Å². The standard InChI is InChI=1S/C13H21N3O3/c1-11(13(19)16-10-17)6-7-12(18)15-9-5-3-2-4-8-14/h6-7,10H,1-5,8-9,14H2,(H,15,18)(H,16,17,19)/b7-6+. The molecule has 106 valence electrons. The summed E-state index contributed by atoms with van der Waals surface area (Å²) in [5, 5.41) is 4.62. The molecule has 0 aliphatic rings. The van der Waals surface area contributed by atoms with Crippen molar-refractivity contribution in [1.82, 2.24) is 10.6 Å². The summed E-state index contributed by atoms with van der Waals surface area (Å²) in [6.45, 7) is 4.70. The zero-order valence-corrected chi connectivity index (χ0v) is 11.0. The molecule has 0 heterocycles. The van der Waals surface area contributed by atoms with Gasteiger partial charge in [0, 0.05) is 18.2 Å². The molecule has 0 spiro atoms. The van der Waals surface area contributed by atoms with Crippen LogP contribution in [0.15, 0.2) is 24.3 Å². The van der Waals surface area contributed by atoms with Crippen LogP contribution in [0.5, 0.6) is 0 Å². The number of hydrogen-bond acceptors (Lipinski definition) is 4. The van der Waals surface area contributed by atoms with Gasteiger partial charge in [-0.2, -0.15) is 0 Å². The van der Waals surface area contributed by atoms with E-state index in [0.29, 0.717) is 13.1 Å². The van der Waals surface area contributed by atoms with Crippen LogP contribution in [-0.4, -0.2) is 31.3 Å². The largest absolute Gasteiger partial charge is 0.353 e. The van der Waals surface area contributed by atoms with Crippen LogP contribution < -0.4 is 16.4 Å². The van der Waals surface area contributed by atoms with Crippen molar-refractivity contribution in [2.24, 2.45) is 5.73 Å². The molecule has 0 fully saturated rings. The molecule has 0 aromatic carbocycles. The molecule has 0 rings (SSSR count). The Morgan fingerprint density at radius 2 is 1.79 bits per heavy atom. The van der Waals surface area contributed by atoms with Gasteiger partial charge in [-0.3, -0.25) is 19.7 Å². The average Bonchev–Trinajstić information content (AvgIpc) is 2.40. The summed E-state index contributed by atoms with van der Waals surface area (Å²) in [6, 6.07) is 0. The van der Waals surface area contributed by atoms with Crippen LogP contribution in [0.2, 0.25) is 0 Å². The molecule has 6 heteroatoms. The van der Waals surface area contributed by atoms with Gasteiger partial charge in [0.15, 0.2) is 0 Å². The van der Waals surface area contributed by atoms with Crippen LogP contribution in [0.4, 0.5) is 0 Å². The molecular formula is C13H21N3O3. The minimum absolute atomic E-state index is 0.0465. The Kier molecular flexibility index (Phi) is 10.0. The van der Waals surface area contributed by atoms with Crippen LogP contribution >= 0.6 is 0 Å². The summed E-state index contributed by atoms with van der Waals surface area (Å²) in [6.07, 6.45) is 6.73. The third-order valence-corrected chi connectivity index (χ3v) is 2.35. The SMILES string of the molecule is C=C(/C=C/C(=O)NCCCCCCN)C(=O)NC=O. The predicted molar refractivity (Wildman–Crippen MR) is 73.0 cm³/mol. The van der Waals surface area contributed by atoms with Crippen molar-refractivity contribution in [3.05, 3.63) is 24.3 Å². The summed E-state index contributed by atoms with van der Waals surface area (Å²) >= 11 is 0. The van der Waals surface area contributed by atoms with Crippen molar-refractivity contribution >= 4 is 18.2 Å². The fourth-order valence-electron chi connectivity index (χ4n) is 1.29. The number of amides is 3. The van der Waals surface area contributed by atoms with Crippen molar-refractivity contribution in [1.29, 1.82) is 0 Å². The molecule has 3 amide bonds. The van der Waals surface area contributed by atoms with Crippen LogP contribution in [0.25, 0.3) is 0 Å². The number of unbranched alkanes of at least 4 members (excludes halogenated alkanes) is 3. The molecule has 0 atom stereocenters. The summed E-state index contributed by atoms with van der Waals surface area (Å²) in [5.74, 6) is -0.917. The van der Waals surface area contributed by atoms with Crippen molar-refractivity contribution < 1.29 is 14.4 Å². The highest BCUT2D eigenvalue weighted by molar-refractivity contribution is 6.02. The van der Waals surface area contributed by atoms with E-state index >= 15 is 0 Å². The first-order valence-electron chi connectivity index (χ1n) is 6.21. The summed E-state index contributed by atoms with van der Waals surface area (Å²) in [4.78, 5) is 32.5. The number of rotatable bonds is 10. The fourth-order valence-corrected chi connectivity index (χ4v) is 1.29. The number of imide groups is 1. The highest BCUT2D eigenvalue weighted by Crippen LogP contribution is 1.97. The lowest BCUT2D eigenvalue weighted by Crippen LogP contribution is -2.24. The molecule has 0 aromatic rings. The van der Waals surface area contributed by atoms with Gasteiger partial charge in [0.05, 0.1) is 0 Å². The van der Waals surface area contributed by atoms with Gasteiger partial charge in [-0.1, -0.05) is 19.4 Å². The predicted octanol–water partition coefficient (Wildman–Crippen LogP) is 0.00670. The van der Waals surface area contributed by atoms with E-state index in [1.54, 1.807) is 0 Å². The topological polar surface area (TPSA) is 101 Å². The van der Waals surface area contributed by atoms with E-state index in [-0.39, 0.29) is 17.9 Å². The maximum atomic E-state index is 11.4. The Morgan fingerprint density at radius 1 is 1.11 bits per heavy atom. The third-order valence-electron chi connectivity index (χ3n) is 2.35. The first-order valence-corrected chi connectivity index (χ1v) is 6.21. The van der Waals surface area contributed by atoms with Gasteiger partial charge in [0.1, 0.15) is 0 Å². The van der Waals surface area contributed by atoms with Crippen LogP contribution in [0, 0.1) is 0 Å². The highest BCUT2D eigenvalue weighted by Gasteiger charge is 2.02. The lowest BCUT2D eigenvalue weighted by Gasteiger charge is -2.02. The summed E-state index contributed by atoms with van der Waals surface area (Å²) < 4.78 is 0. The third kappa shape index (κ3) is 9.72.